The predicted molar refractivity (Wildman–Crippen MR) is 65.1 cm³/mol. The molecule has 0 N–H and O–H groups in total. The molecule has 0 bridgehead atoms. The van der Waals surface area contributed by atoms with Crippen LogP contribution in [0.5, 0.6) is 0 Å². The topological polar surface area (TPSA) is 77.7 Å². The normalized spacial score (nSPS) is 11.7. The number of carbonyl (C=O) groups is 1. The molecule has 2 aromatic rings. The van der Waals surface area contributed by atoms with Gasteiger partial charge < -0.3 is 9.14 Å². The highest BCUT2D eigenvalue weighted by atomic mass is 32.2. The Balaban J connectivity index is 2.59. The van der Waals surface area contributed by atoms with Crippen LogP contribution in [0.25, 0.3) is 5.65 Å². The first-order chi connectivity index (χ1) is 8.42. The minimum absolute atomic E-state index is 0.126. The van der Waals surface area contributed by atoms with E-state index in [1.54, 1.807) is 22.7 Å². The first kappa shape index (κ1) is 12.6. The molecule has 96 valence electrons. The SMILES string of the molecule is COC(=O)c1cccn2c(CS(C)(=O)=O)cnc12. The molecule has 2 rings (SSSR count). The number of hydrogen-bond donors (Lipinski definition) is 0. The molecule has 0 fully saturated rings. The number of carbonyl (C=O) groups excluding carboxylic acids is 1. The van der Waals surface area contributed by atoms with Crippen LogP contribution in [0, 0.1) is 0 Å². The zero-order chi connectivity index (χ0) is 13.3. The Morgan fingerprint density at radius 2 is 2.22 bits per heavy atom. The lowest BCUT2D eigenvalue weighted by Crippen LogP contribution is -2.06. The summed E-state index contributed by atoms with van der Waals surface area (Å²) in [5.74, 6) is -0.629. The summed E-state index contributed by atoms with van der Waals surface area (Å²) in [6.45, 7) is 0. The summed E-state index contributed by atoms with van der Waals surface area (Å²) >= 11 is 0. The zero-order valence-electron chi connectivity index (χ0n) is 9.95. The van der Waals surface area contributed by atoms with Gasteiger partial charge in [0.1, 0.15) is 5.56 Å². The molecular formula is C11H12N2O4S. The number of ether oxygens (including phenoxy) is 1. The number of imidazole rings is 1. The smallest absolute Gasteiger partial charge is 0.341 e. The van der Waals surface area contributed by atoms with Crippen LogP contribution in [0.15, 0.2) is 24.5 Å². The number of sulfone groups is 1. The Morgan fingerprint density at radius 3 is 2.83 bits per heavy atom. The number of hydrogen-bond acceptors (Lipinski definition) is 5. The van der Waals surface area contributed by atoms with Crippen molar-refractivity contribution in [1.29, 1.82) is 0 Å². The molecule has 0 radical (unpaired) electrons. The van der Waals surface area contributed by atoms with Gasteiger partial charge in [-0.1, -0.05) is 0 Å². The van der Waals surface area contributed by atoms with Gasteiger partial charge in [-0.15, -0.1) is 0 Å². The van der Waals surface area contributed by atoms with Gasteiger partial charge in [0, 0.05) is 12.5 Å². The number of methoxy groups -OCH3 is 1. The molecule has 0 saturated carbocycles. The summed E-state index contributed by atoms with van der Waals surface area (Å²) in [6, 6.07) is 3.23. The van der Waals surface area contributed by atoms with Crippen molar-refractivity contribution in [2.24, 2.45) is 0 Å². The Morgan fingerprint density at radius 1 is 1.50 bits per heavy atom. The van der Waals surface area contributed by atoms with E-state index in [9.17, 15) is 13.2 Å². The molecule has 2 heterocycles. The fraction of sp³-hybridized carbons (Fsp3) is 0.273. The summed E-state index contributed by atoms with van der Waals surface area (Å²) in [4.78, 5) is 15.6. The number of nitrogens with zero attached hydrogens (tertiary/aromatic N) is 2. The van der Waals surface area contributed by atoms with Crippen LogP contribution in [0.4, 0.5) is 0 Å². The van der Waals surface area contributed by atoms with Gasteiger partial charge in [-0.25, -0.2) is 18.2 Å². The third kappa shape index (κ3) is 2.35. The van der Waals surface area contributed by atoms with Crippen LogP contribution in [0.2, 0.25) is 0 Å². The number of rotatable bonds is 3. The Hall–Kier alpha value is -1.89. The third-order valence-electron chi connectivity index (χ3n) is 2.43. The van der Waals surface area contributed by atoms with Gasteiger partial charge in [-0.05, 0) is 12.1 Å². The van der Waals surface area contributed by atoms with Crippen molar-refractivity contribution in [1.82, 2.24) is 9.38 Å². The Bertz CT molecular complexity index is 703. The molecule has 0 atom stereocenters. The number of fused-ring (bicyclic) bond motifs is 1. The number of pyridine rings is 1. The molecule has 2 aromatic heterocycles. The summed E-state index contributed by atoms with van der Waals surface area (Å²) in [6.07, 6.45) is 4.26. The van der Waals surface area contributed by atoms with Gasteiger partial charge in [-0.3, -0.25) is 0 Å². The number of aromatic nitrogens is 2. The molecule has 0 spiro atoms. The van der Waals surface area contributed by atoms with Gasteiger partial charge in [0.15, 0.2) is 15.5 Å². The van der Waals surface area contributed by atoms with E-state index in [2.05, 4.69) is 9.72 Å². The predicted octanol–water partition coefficient (Wildman–Crippen LogP) is 0.665. The van der Waals surface area contributed by atoms with Crippen molar-refractivity contribution < 1.29 is 17.9 Å². The van der Waals surface area contributed by atoms with E-state index in [1.807, 2.05) is 0 Å². The van der Waals surface area contributed by atoms with Crippen LogP contribution < -0.4 is 0 Å². The van der Waals surface area contributed by atoms with E-state index in [0.717, 1.165) is 6.26 Å². The maximum Gasteiger partial charge on any atom is 0.341 e. The quantitative estimate of drug-likeness (QED) is 0.764. The van der Waals surface area contributed by atoms with Crippen molar-refractivity contribution in [3.8, 4) is 0 Å². The molecule has 18 heavy (non-hydrogen) atoms. The molecule has 0 aliphatic rings. The summed E-state index contributed by atoms with van der Waals surface area (Å²) in [5, 5.41) is 0. The van der Waals surface area contributed by atoms with Crippen molar-refractivity contribution in [3.05, 3.63) is 35.8 Å². The van der Waals surface area contributed by atoms with E-state index in [1.165, 1.54) is 13.3 Å². The summed E-state index contributed by atoms with van der Waals surface area (Å²) < 4.78 is 28.8. The van der Waals surface area contributed by atoms with E-state index in [0.29, 0.717) is 16.9 Å². The minimum atomic E-state index is -3.15. The zero-order valence-corrected chi connectivity index (χ0v) is 10.8. The second-order valence-electron chi connectivity index (χ2n) is 3.93. The van der Waals surface area contributed by atoms with Crippen molar-refractivity contribution in [2.45, 2.75) is 5.75 Å². The van der Waals surface area contributed by atoms with E-state index in [-0.39, 0.29) is 5.75 Å². The highest BCUT2D eigenvalue weighted by Crippen LogP contribution is 2.14. The highest BCUT2D eigenvalue weighted by Gasteiger charge is 2.15. The average molecular weight is 268 g/mol. The van der Waals surface area contributed by atoms with Gasteiger partial charge in [0.2, 0.25) is 0 Å². The molecule has 0 aliphatic heterocycles. The maximum absolute atomic E-state index is 11.5. The molecule has 6 nitrogen and oxygen atoms in total. The second-order valence-corrected chi connectivity index (χ2v) is 6.07. The monoisotopic (exact) mass is 268 g/mol. The fourth-order valence-electron chi connectivity index (χ4n) is 1.71. The van der Waals surface area contributed by atoms with Crippen molar-refractivity contribution in [2.75, 3.05) is 13.4 Å². The largest absolute Gasteiger partial charge is 0.465 e. The van der Waals surface area contributed by atoms with Gasteiger partial charge in [0.05, 0.1) is 24.8 Å². The fourth-order valence-corrected chi connectivity index (χ4v) is 2.46. The van der Waals surface area contributed by atoms with E-state index < -0.39 is 15.8 Å². The Labute approximate surface area is 104 Å². The molecule has 0 aromatic carbocycles. The summed E-state index contributed by atoms with van der Waals surface area (Å²) in [5.41, 5.74) is 1.21. The maximum atomic E-state index is 11.5. The van der Waals surface area contributed by atoms with Crippen molar-refractivity contribution >= 4 is 21.5 Å². The van der Waals surface area contributed by atoms with Crippen LogP contribution in [0.3, 0.4) is 0 Å². The van der Waals surface area contributed by atoms with Gasteiger partial charge >= 0.3 is 5.97 Å². The van der Waals surface area contributed by atoms with E-state index in [4.69, 9.17) is 0 Å². The average Bonchev–Trinajstić information content (AvgIpc) is 2.69. The van der Waals surface area contributed by atoms with Crippen LogP contribution in [-0.2, 0) is 20.3 Å². The highest BCUT2D eigenvalue weighted by molar-refractivity contribution is 7.89. The van der Waals surface area contributed by atoms with Gasteiger partial charge in [0.25, 0.3) is 0 Å². The lowest BCUT2D eigenvalue weighted by Gasteiger charge is -2.03. The van der Waals surface area contributed by atoms with Crippen molar-refractivity contribution in [3.63, 3.8) is 0 Å². The minimum Gasteiger partial charge on any atom is -0.465 e. The van der Waals surface area contributed by atoms with Gasteiger partial charge in [-0.2, -0.15) is 0 Å². The molecule has 7 heteroatoms. The second kappa shape index (κ2) is 4.41. The van der Waals surface area contributed by atoms with Crippen LogP contribution >= 0.6 is 0 Å². The standard InChI is InChI=1S/C11H12N2O4S/c1-17-11(14)9-4-3-5-13-8(6-12-10(9)13)7-18(2,15)16/h3-6H,7H2,1-2H3. The lowest BCUT2D eigenvalue weighted by atomic mass is 10.3. The van der Waals surface area contributed by atoms with Crippen LogP contribution in [0.1, 0.15) is 16.1 Å². The number of esters is 1. The molecule has 0 unspecified atom stereocenters. The van der Waals surface area contributed by atoms with E-state index >= 15 is 0 Å². The third-order valence-corrected chi connectivity index (χ3v) is 3.25. The molecule has 0 aliphatic carbocycles. The van der Waals surface area contributed by atoms with Crippen LogP contribution in [-0.4, -0.2) is 37.1 Å². The first-order valence-electron chi connectivity index (χ1n) is 5.13. The molecular weight excluding hydrogens is 256 g/mol. The first-order valence-corrected chi connectivity index (χ1v) is 7.19. The summed E-state index contributed by atoms with van der Waals surface area (Å²) in [7, 11) is -1.87. The molecule has 0 saturated heterocycles. The molecule has 0 amide bonds. The Kier molecular flexibility index (Phi) is 3.08. The lowest BCUT2D eigenvalue weighted by molar-refractivity contribution is 0.0602.